The van der Waals surface area contributed by atoms with E-state index in [0.717, 1.165) is 6.07 Å². The van der Waals surface area contributed by atoms with E-state index in [1.807, 2.05) is 0 Å². The van der Waals surface area contributed by atoms with E-state index >= 15 is 0 Å². The van der Waals surface area contributed by atoms with Crippen molar-refractivity contribution in [2.45, 2.75) is 6.18 Å². The summed E-state index contributed by atoms with van der Waals surface area (Å²) < 4.78 is 39.2. The standard InChI is InChI=1S/C16H10F3NO/c17-16(18,19)14-4-2-1-3-13(14)11-7-10-8-12(21)5-6-15(10)20-9-11/h1-9,21H. The highest BCUT2D eigenvalue weighted by molar-refractivity contribution is 5.85. The van der Waals surface area contributed by atoms with E-state index in [1.54, 1.807) is 18.2 Å². The SMILES string of the molecule is Oc1ccc2ncc(-c3ccccc3C(F)(F)F)cc2c1. The van der Waals surface area contributed by atoms with Gasteiger partial charge in [-0.2, -0.15) is 13.2 Å². The van der Waals surface area contributed by atoms with E-state index in [0.29, 0.717) is 16.5 Å². The van der Waals surface area contributed by atoms with Crippen LogP contribution in [0.4, 0.5) is 13.2 Å². The minimum atomic E-state index is -4.43. The number of aromatic hydroxyl groups is 1. The molecule has 0 aliphatic rings. The van der Waals surface area contributed by atoms with Crippen molar-refractivity contribution < 1.29 is 18.3 Å². The van der Waals surface area contributed by atoms with E-state index in [9.17, 15) is 18.3 Å². The molecule has 0 aliphatic carbocycles. The van der Waals surface area contributed by atoms with Crippen molar-refractivity contribution in [2.24, 2.45) is 0 Å². The third-order valence-corrected chi connectivity index (χ3v) is 3.21. The largest absolute Gasteiger partial charge is 0.508 e. The van der Waals surface area contributed by atoms with Gasteiger partial charge >= 0.3 is 6.18 Å². The van der Waals surface area contributed by atoms with Gasteiger partial charge in [-0.15, -0.1) is 0 Å². The molecule has 0 aliphatic heterocycles. The second-order valence-electron chi connectivity index (χ2n) is 4.64. The number of nitrogens with zero attached hydrogens (tertiary/aromatic N) is 1. The van der Waals surface area contributed by atoms with Crippen molar-refractivity contribution in [3.8, 4) is 16.9 Å². The molecule has 5 heteroatoms. The summed E-state index contributed by atoms with van der Waals surface area (Å²) in [6, 6.07) is 11.5. The van der Waals surface area contributed by atoms with Crippen LogP contribution >= 0.6 is 0 Å². The molecule has 1 heterocycles. The third-order valence-electron chi connectivity index (χ3n) is 3.21. The highest BCUT2D eigenvalue weighted by atomic mass is 19.4. The van der Waals surface area contributed by atoms with Crippen molar-refractivity contribution in [1.82, 2.24) is 4.98 Å². The number of phenolic OH excluding ortho intramolecular Hbond substituents is 1. The van der Waals surface area contributed by atoms with Crippen LogP contribution in [0.2, 0.25) is 0 Å². The van der Waals surface area contributed by atoms with Crippen LogP contribution in [0.5, 0.6) is 5.75 Å². The van der Waals surface area contributed by atoms with Crippen LogP contribution in [0.25, 0.3) is 22.0 Å². The quantitative estimate of drug-likeness (QED) is 0.708. The molecule has 1 aromatic heterocycles. The molecule has 0 spiro atoms. The average Bonchev–Trinajstić information content (AvgIpc) is 2.45. The molecule has 1 N–H and O–H groups in total. The predicted molar refractivity (Wildman–Crippen MR) is 73.8 cm³/mol. The maximum absolute atomic E-state index is 13.1. The summed E-state index contributed by atoms with van der Waals surface area (Å²) in [5.41, 5.74) is 0.344. The fraction of sp³-hybridized carbons (Fsp3) is 0.0625. The number of pyridine rings is 1. The Kier molecular flexibility index (Phi) is 3.05. The van der Waals surface area contributed by atoms with Crippen molar-refractivity contribution in [3.05, 3.63) is 60.3 Å². The monoisotopic (exact) mass is 289 g/mol. The second-order valence-corrected chi connectivity index (χ2v) is 4.64. The minimum Gasteiger partial charge on any atom is -0.508 e. The minimum absolute atomic E-state index is 0.0468. The van der Waals surface area contributed by atoms with Gasteiger partial charge in [0.05, 0.1) is 11.1 Å². The van der Waals surface area contributed by atoms with Gasteiger partial charge in [-0.25, -0.2) is 0 Å². The number of rotatable bonds is 1. The number of phenols is 1. The van der Waals surface area contributed by atoms with Gasteiger partial charge in [0.1, 0.15) is 5.75 Å². The number of fused-ring (bicyclic) bond motifs is 1. The zero-order valence-corrected chi connectivity index (χ0v) is 10.7. The van der Waals surface area contributed by atoms with E-state index in [4.69, 9.17) is 0 Å². The summed E-state index contributed by atoms with van der Waals surface area (Å²) >= 11 is 0. The van der Waals surface area contributed by atoms with Crippen LogP contribution < -0.4 is 0 Å². The molecule has 0 saturated carbocycles. The van der Waals surface area contributed by atoms with Gasteiger partial charge in [0.25, 0.3) is 0 Å². The Morgan fingerprint density at radius 2 is 1.71 bits per heavy atom. The van der Waals surface area contributed by atoms with Crippen molar-refractivity contribution in [2.75, 3.05) is 0 Å². The molecular formula is C16H10F3NO. The summed E-state index contributed by atoms with van der Waals surface area (Å²) in [6.45, 7) is 0. The third kappa shape index (κ3) is 2.54. The van der Waals surface area contributed by atoms with Crippen LogP contribution in [-0.4, -0.2) is 10.1 Å². The molecule has 0 amide bonds. The Hall–Kier alpha value is -2.56. The highest BCUT2D eigenvalue weighted by Crippen LogP contribution is 2.37. The fourth-order valence-electron chi connectivity index (χ4n) is 2.25. The van der Waals surface area contributed by atoms with Gasteiger partial charge in [0, 0.05) is 17.1 Å². The van der Waals surface area contributed by atoms with Crippen molar-refractivity contribution >= 4 is 10.9 Å². The molecular weight excluding hydrogens is 279 g/mol. The Morgan fingerprint density at radius 1 is 0.952 bits per heavy atom. The van der Waals surface area contributed by atoms with Crippen LogP contribution in [0.1, 0.15) is 5.56 Å². The maximum Gasteiger partial charge on any atom is 0.417 e. The fourth-order valence-corrected chi connectivity index (χ4v) is 2.25. The van der Waals surface area contributed by atoms with Crippen LogP contribution in [0, 0.1) is 0 Å². The molecule has 0 fully saturated rings. The lowest BCUT2D eigenvalue weighted by Crippen LogP contribution is -2.06. The summed E-state index contributed by atoms with van der Waals surface area (Å²) in [6.07, 6.45) is -3.02. The molecule has 2 aromatic carbocycles. The molecule has 0 radical (unpaired) electrons. The first-order chi connectivity index (χ1) is 9.95. The lowest BCUT2D eigenvalue weighted by Gasteiger charge is -2.13. The lowest BCUT2D eigenvalue weighted by atomic mass is 9.99. The number of aromatic nitrogens is 1. The Balaban J connectivity index is 2.21. The first kappa shape index (κ1) is 13.4. The van der Waals surface area contributed by atoms with E-state index in [-0.39, 0.29) is 11.3 Å². The summed E-state index contributed by atoms with van der Waals surface area (Å²) in [7, 11) is 0. The predicted octanol–water partition coefficient (Wildman–Crippen LogP) is 4.63. The van der Waals surface area contributed by atoms with Gasteiger partial charge < -0.3 is 5.11 Å². The average molecular weight is 289 g/mol. The summed E-state index contributed by atoms with van der Waals surface area (Å²) in [5.74, 6) is 0.0468. The van der Waals surface area contributed by atoms with Crippen molar-refractivity contribution in [1.29, 1.82) is 0 Å². The normalized spacial score (nSPS) is 11.8. The second kappa shape index (κ2) is 4.77. The Morgan fingerprint density at radius 3 is 2.48 bits per heavy atom. The van der Waals surface area contributed by atoms with Gasteiger partial charge in [0.2, 0.25) is 0 Å². The van der Waals surface area contributed by atoms with Crippen LogP contribution in [0.3, 0.4) is 0 Å². The number of halogens is 3. The number of hydrogen-bond acceptors (Lipinski definition) is 2. The highest BCUT2D eigenvalue weighted by Gasteiger charge is 2.33. The van der Waals surface area contributed by atoms with Crippen LogP contribution in [-0.2, 0) is 6.18 Å². The zero-order chi connectivity index (χ0) is 15.0. The Labute approximate surface area is 118 Å². The molecule has 3 rings (SSSR count). The van der Waals surface area contributed by atoms with Gasteiger partial charge in [-0.1, -0.05) is 18.2 Å². The molecule has 0 bridgehead atoms. The topological polar surface area (TPSA) is 33.1 Å². The molecule has 106 valence electrons. The first-order valence-corrected chi connectivity index (χ1v) is 6.20. The van der Waals surface area contributed by atoms with Gasteiger partial charge in [0.15, 0.2) is 0 Å². The summed E-state index contributed by atoms with van der Waals surface area (Å²) in [4.78, 5) is 4.14. The summed E-state index contributed by atoms with van der Waals surface area (Å²) in [5, 5.41) is 10.1. The van der Waals surface area contributed by atoms with E-state index < -0.39 is 11.7 Å². The first-order valence-electron chi connectivity index (χ1n) is 6.20. The number of benzene rings is 2. The van der Waals surface area contributed by atoms with E-state index in [2.05, 4.69) is 4.98 Å². The molecule has 2 nitrogen and oxygen atoms in total. The van der Waals surface area contributed by atoms with E-state index in [1.165, 1.54) is 30.5 Å². The van der Waals surface area contributed by atoms with Gasteiger partial charge in [-0.05, 0) is 35.9 Å². The smallest absolute Gasteiger partial charge is 0.417 e. The van der Waals surface area contributed by atoms with Crippen molar-refractivity contribution in [3.63, 3.8) is 0 Å². The lowest BCUT2D eigenvalue weighted by molar-refractivity contribution is -0.137. The zero-order valence-electron chi connectivity index (χ0n) is 10.7. The van der Waals surface area contributed by atoms with Gasteiger partial charge in [-0.3, -0.25) is 4.98 Å². The Bertz CT molecular complexity index is 812. The number of alkyl halides is 3. The number of hydrogen-bond donors (Lipinski definition) is 1. The molecule has 21 heavy (non-hydrogen) atoms. The molecule has 3 aromatic rings. The maximum atomic E-state index is 13.1. The molecule has 0 unspecified atom stereocenters. The molecule has 0 atom stereocenters. The van der Waals surface area contributed by atoms with Crippen LogP contribution in [0.15, 0.2) is 54.7 Å². The molecule has 0 saturated heterocycles.